The highest BCUT2D eigenvalue weighted by Gasteiger charge is 2.50. The van der Waals surface area contributed by atoms with Crippen LogP contribution in [0.25, 0.3) is 11.0 Å². The summed E-state index contributed by atoms with van der Waals surface area (Å²) in [6.07, 6.45) is -4.58. The first-order chi connectivity index (χ1) is 17.6. The fraction of sp³-hybridized carbons (Fsp3) is 0.385. The fourth-order valence-corrected chi connectivity index (χ4v) is 4.58. The van der Waals surface area contributed by atoms with E-state index in [-0.39, 0.29) is 29.4 Å². The molecule has 0 spiro atoms. The van der Waals surface area contributed by atoms with Crippen molar-refractivity contribution < 1.29 is 43.1 Å². The molecule has 0 unspecified atom stereocenters. The lowest BCUT2D eigenvalue weighted by molar-refractivity contribution is -0.306. The number of aliphatic hydroxyl groups excluding tert-OH is 2. The second-order valence-electron chi connectivity index (χ2n) is 9.42. The number of methoxy groups -OCH3 is 1. The number of hydrogen-bond acceptors (Lipinski definition) is 10. The van der Waals surface area contributed by atoms with E-state index in [1.165, 1.54) is 19.2 Å². The van der Waals surface area contributed by atoms with Gasteiger partial charge in [0, 0.05) is 23.6 Å². The minimum atomic E-state index is -1.38. The summed E-state index contributed by atoms with van der Waals surface area (Å²) >= 11 is 0. The summed E-state index contributed by atoms with van der Waals surface area (Å²) in [6.45, 7) is 5.20. The van der Waals surface area contributed by atoms with Crippen LogP contribution in [0.5, 0.6) is 17.2 Å². The number of amides is 1. The Balaban J connectivity index is 1.38. The fourth-order valence-electron chi connectivity index (χ4n) is 4.58. The predicted octanol–water partition coefficient (Wildman–Crippen LogP) is 2.33. The van der Waals surface area contributed by atoms with Crippen molar-refractivity contribution in [2.75, 3.05) is 19.2 Å². The van der Waals surface area contributed by atoms with Crippen LogP contribution in [-0.4, -0.2) is 60.2 Å². The highest BCUT2D eigenvalue weighted by atomic mass is 16.7. The molecule has 2 aromatic carbocycles. The molecule has 2 aliphatic heterocycles. The van der Waals surface area contributed by atoms with E-state index in [2.05, 4.69) is 5.32 Å². The Labute approximate surface area is 211 Å². The summed E-state index contributed by atoms with van der Waals surface area (Å²) < 4.78 is 33.1. The van der Waals surface area contributed by atoms with Gasteiger partial charge in [-0.05, 0) is 57.2 Å². The average Bonchev–Trinajstić information content (AvgIpc) is 3.33. The molecule has 1 aromatic heterocycles. The van der Waals surface area contributed by atoms with Gasteiger partial charge >= 0.3 is 5.63 Å². The molecule has 0 saturated carbocycles. The molecule has 11 nitrogen and oxygen atoms in total. The van der Waals surface area contributed by atoms with E-state index in [0.717, 1.165) is 0 Å². The molecular weight excluding hydrogens is 486 g/mol. The number of rotatable bonds is 5. The SMILES string of the molecule is CO[C@@H]1[C@@H](O)[C@@H](O)[C@H](Oc2ccc3cc(NC(=O)c4ccc5c(c4)OCO5)c(=O)oc3c2C)OC1(C)C. The molecule has 37 heavy (non-hydrogen) atoms. The second-order valence-corrected chi connectivity index (χ2v) is 9.42. The van der Waals surface area contributed by atoms with Crippen LogP contribution in [-0.2, 0) is 9.47 Å². The van der Waals surface area contributed by atoms with Gasteiger partial charge in [0.15, 0.2) is 11.5 Å². The van der Waals surface area contributed by atoms with Crippen molar-refractivity contribution >= 4 is 22.6 Å². The third kappa shape index (κ3) is 4.51. The maximum Gasteiger partial charge on any atom is 0.360 e. The molecule has 1 fully saturated rings. The second kappa shape index (κ2) is 9.34. The molecule has 3 N–H and O–H groups in total. The first-order valence-corrected chi connectivity index (χ1v) is 11.6. The van der Waals surface area contributed by atoms with E-state index in [0.29, 0.717) is 22.4 Å². The van der Waals surface area contributed by atoms with Crippen LogP contribution in [0, 0.1) is 6.92 Å². The van der Waals surface area contributed by atoms with Gasteiger partial charge in [0.25, 0.3) is 5.91 Å². The van der Waals surface area contributed by atoms with Crippen LogP contribution < -0.4 is 25.2 Å². The lowest BCUT2D eigenvalue weighted by atomic mass is 9.89. The van der Waals surface area contributed by atoms with Crippen LogP contribution >= 0.6 is 0 Å². The minimum absolute atomic E-state index is 0.0373. The number of aryl methyl sites for hydroxylation is 1. The number of fused-ring (bicyclic) bond motifs is 2. The summed E-state index contributed by atoms with van der Waals surface area (Å²) in [5, 5.41) is 24.1. The lowest BCUT2D eigenvalue weighted by Gasteiger charge is -2.46. The Morgan fingerprint density at radius 2 is 1.84 bits per heavy atom. The van der Waals surface area contributed by atoms with Gasteiger partial charge in [0.2, 0.25) is 13.1 Å². The maximum atomic E-state index is 12.7. The van der Waals surface area contributed by atoms with E-state index in [9.17, 15) is 19.8 Å². The van der Waals surface area contributed by atoms with Crippen LogP contribution in [0.4, 0.5) is 5.69 Å². The standard InChI is InChI=1S/C26H27NO10/c1-12-16(35-25-20(29)19(28)22(32-4)26(2,3)37-25)7-5-13-9-15(24(31)36-21(12)13)27-23(30)14-6-8-17-18(10-14)34-11-33-17/h5-10,19-20,22,25,28-29H,11H2,1-4H3,(H,27,30)/t19-,20+,22+,25+/m0/s1. The summed E-state index contributed by atoms with van der Waals surface area (Å²) in [5.41, 5.74) is -0.736. The Morgan fingerprint density at radius 3 is 2.59 bits per heavy atom. The molecule has 11 heteroatoms. The summed E-state index contributed by atoms with van der Waals surface area (Å²) in [6, 6.07) is 9.49. The van der Waals surface area contributed by atoms with E-state index < -0.39 is 41.7 Å². The van der Waals surface area contributed by atoms with Gasteiger partial charge < -0.3 is 43.6 Å². The average molecular weight is 513 g/mol. The Hall–Kier alpha value is -3.64. The summed E-state index contributed by atoms with van der Waals surface area (Å²) in [4.78, 5) is 25.4. The molecule has 3 heterocycles. The first-order valence-electron chi connectivity index (χ1n) is 11.6. The van der Waals surface area contributed by atoms with Gasteiger partial charge in [0.05, 0.1) is 5.60 Å². The van der Waals surface area contributed by atoms with Crippen molar-refractivity contribution in [1.29, 1.82) is 0 Å². The first kappa shape index (κ1) is 25.0. The third-order valence-electron chi connectivity index (χ3n) is 6.53. The number of ether oxygens (including phenoxy) is 5. The number of carbonyl (C=O) groups is 1. The van der Waals surface area contributed by atoms with Gasteiger partial charge in [-0.15, -0.1) is 0 Å². The Bertz CT molecular complexity index is 1410. The van der Waals surface area contributed by atoms with Crippen molar-refractivity contribution in [3.63, 3.8) is 0 Å². The van der Waals surface area contributed by atoms with Crippen molar-refractivity contribution in [2.24, 2.45) is 0 Å². The van der Waals surface area contributed by atoms with Gasteiger partial charge in [-0.1, -0.05) is 0 Å². The van der Waals surface area contributed by atoms with Gasteiger partial charge in [0.1, 0.15) is 35.3 Å². The number of benzene rings is 2. The molecule has 196 valence electrons. The number of carbonyl (C=O) groups excluding carboxylic acids is 1. The maximum absolute atomic E-state index is 12.7. The van der Waals surface area contributed by atoms with Crippen LogP contribution in [0.1, 0.15) is 29.8 Å². The smallest absolute Gasteiger partial charge is 0.360 e. The van der Waals surface area contributed by atoms with Crippen molar-refractivity contribution in [3.05, 3.63) is 57.9 Å². The van der Waals surface area contributed by atoms with E-state index in [4.69, 9.17) is 28.1 Å². The van der Waals surface area contributed by atoms with Crippen molar-refractivity contribution in [2.45, 2.75) is 51.0 Å². The predicted molar refractivity (Wildman–Crippen MR) is 130 cm³/mol. The van der Waals surface area contributed by atoms with Gasteiger partial charge in [-0.25, -0.2) is 4.79 Å². The molecule has 5 rings (SSSR count). The molecule has 2 aliphatic rings. The molecule has 1 amide bonds. The van der Waals surface area contributed by atoms with Gasteiger partial charge in [-0.3, -0.25) is 4.79 Å². The summed E-state index contributed by atoms with van der Waals surface area (Å²) in [5.74, 6) is 0.761. The van der Waals surface area contributed by atoms with Crippen molar-refractivity contribution in [1.82, 2.24) is 0 Å². The van der Waals surface area contributed by atoms with E-state index in [1.807, 2.05) is 0 Å². The number of aliphatic hydroxyl groups is 2. The molecule has 0 aliphatic carbocycles. The molecule has 4 atom stereocenters. The van der Waals surface area contributed by atoms with E-state index in [1.54, 1.807) is 45.0 Å². The monoisotopic (exact) mass is 513 g/mol. The van der Waals surface area contributed by atoms with Crippen LogP contribution in [0.2, 0.25) is 0 Å². The molecule has 0 bridgehead atoms. The largest absolute Gasteiger partial charge is 0.462 e. The number of anilines is 1. The topological polar surface area (TPSA) is 146 Å². The van der Waals surface area contributed by atoms with Crippen LogP contribution in [0.3, 0.4) is 0 Å². The molecule has 1 saturated heterocycles. The third-order valence-corrected chi connectivity index (χ3v) is 6.53. The Morgan fingerprint density at radius 1 is 1.08 bits per heavy atom. The normalized spacial score (nSPS) is 24.2. The zero-order valence-corrected chi connectivity index (χ0v) is 20.6. The quantitative estimate of drug-likeness (QED) is 0.435. The highest BCUT2D eigenvalue weighted by molar-refractivity contribution is 6.05. The lowest BCUT2D eigenvalue weighted by Crippen LogP contribution is -2.63. The zero-order chi connectivity index (χ0) is 26.5. The van der Waals surface area contributed by atoms with Gasteiger partial charge in [-0.2, -0.15) is 0 Å². The Kier molecular flexibility index (Phi) is 6.32. The number of nitrogens with one attached hydrogen (secondary N) is 1. The van der Waals surface area contributed by atoms with E-state index >= 15 is 0 Å². The summed E-state index contributed by atoms with van der Waals surface area (Å²) in [7, 11) is 1.42. The minimum Gasteiger partial charge on any atom is -0.462 e. The highest BCUT2D eigenvalue weighted by Crippen LogP contribution is 2.35. The van der Waals surface area contributed by atoms with Crippen molar-refractivity contribution in [3.8, 4) is 17.2 Å². The molecule has 0 radical (unpaired) electrons. The zero-order valence-electron chi connectivity index (χ0n) is 20.6. The molecule has 3 aromatic rings. The number of hydrogen-bond donors (Lipinski definition) is 3. The molecular formula is C26H27NO10. The van der Waals surface area contributed by atoms with Crippen LogP contribution in [0.15, 0.2) is 45.6 Å².